The van der Waals surface area contributed by atoms with Crippen molar-refractivity contribution in [3.63, 3.8) is 0 Å². The van der Waals surface area contributed by atoms with Crippen molar-refractivity contribution in [3.8, 4) is 5.75 Å². The molecule has 1 heterocycles. The SMILES string of the molecule is COC(=O)C(C)(C)CNC(=O)c1ccc(Cc2cn(C)c3ccc(NC(=O)OC(C)C)cc23)c(OC)c1. The van der Waals surface area contributed by atoms with Crippen LogP contribution in [-0.2, 0) is 27.7 Å². The van der Waals surface area contributed by atoms with Crippen LogP contribution in [0.25, 0.3) is 10.9 Å². The summed E-state index contributed by atoms with van der Waals surface area (Å²) in [5.74, 6) is -0.131. The second-order valence-corrected chi connectivity index (χ2v) is 9.84. The number of rotatable bonds is 9. The lowest BCUT2D eigenvalue weighted by atomic mass is 9.93. The smallest absolute Gasteiger partial charge is 0.411 e. The van der Waals surface area contributed by atoms with Gasteiger partial charge in [0.25, 0.3) is 5.91 Å². The average Bonchev–Trinajstić information content (AvgIpc) is 3.15. The third-order valence-electron chi connectivity index (χ3n) is 6.02. The quantitative estimate of drug-likeness (QED) is 0.406. The van der Waals surface area contributed by atoms with Gasteiger partial charge < -0.3 is 24.1 Å². The van der Waals surface area contributed by atoms with E-state index in [1.807, 2.05) is 42.1 Å². The van der Waals surface area contributed by atoms with Crippen molar-refractivity contribution in [1.82, 2.24) is 9.88 Å². The predicted octanol–water partition coefficient (Wildman–Crippen LogP) is 4.66. The molecule has 2 aromatic carbocycles. The molecule has 2 amide bonds. The van der Waals surface area contributed by atoms with Crippen LogP contribution in [0.4, 0.5) is 10.5 Å². The van der Waals surface area contributed by atoms with Crippen LogP contribution in [-0.4, -0.2) is 49.4 Å². The van der Waals surface area contributed by atoms with Crippen LogP contribution < -0.4 is 15.4 Å². The number of hydrogen-bond acceptors (Lipinski definition) is 6. The molecule has 0 spiro atoms. The molecule has 0 aliphatic carbocycles. The van der Waals surface area contributed by atoms with Gasteiger partial charge in [-0.15, -0.1) is 0 Å². The minimum Gasteiger partial charge on any atom is -0.496 e. The largest absolute Gasteiger partial charge is 0.496 e. The zero-order chi connectivity index (χ0) is 27.3. The molecule has 0 bridgehead atoms. The third kappa shape index (κ3) is 6.61. The number of ether oxygens (including phenoxy) is 3. The fraction of sp³-hybridized carbons (Fsp3) is 0.393. The molecule has 0 saturated heterocycles. The molecule has 0 aliphatic rings. The molecule has 0 saturated carbocycles. The van der Waals surface area contributed by atoms with Crippen LogP contribution in [0.3, 0.4) is 0 Å². The standard InChI is InChI=1S/C28H35N3O6/c1-17(2)37-27(34)30-21-10-11-23-22(14-21)20(15-31(23)5)12-18-8-9-19(13-24(18)35-6)25(32)29-16-28(3,4)26(33)36-7/h8-11,13-15,17H,12,16H2,1-7H3,(H,29,32)(H,30,34). The van der Waals surface area contributed by atoms with E-state index in [9.17, 15) is 14.4 Å². The summed E-state index contributed by atoms with van der Waals surface area (Å²) >= 11 is 0. The number of amides is 2. The van der Waals surface area contributed by atoms with E-state index in [4.69, 9.17) is 14.2 Å². The van der Waals surface area contributed by atoms with E-state index in [1.165, 1.54) is 7.11 Å². The molecule has 0 unspecified atom stereocenters. The van der Waals surface area contributed by atoms with Gasteiger partial charge in [-0.3, -0.25) is 14.9 Å². The Kier molecular flexibility index (Phi) is 8.47. The molecule has 3 aromatic rings. The van der Waals surface area contributed by atoms with Crippen molar-refractivity contribution in [1.29, 1.82) is 0 Å². The Morgan fingerprint density at radius 3 is 2.41 bits per heavy atom. The first-order valence-corrected chi connectivity index (χ1v) is 12.0. The molecule has 2 N–H and O–H groups in total. The lowest BCUT2D eigenvalue weighted by Crippen LogP contribution is -2.39. The summed E-state index contributed by atoms with van der Waals surface area (Å²) in [5.41, 5.74) is 3.17. The number of nitrogens with one attached hydrogen (secondary N) is 2. The van der Waals surface area contributed by atoms with Crippen molar-refractivity contribution < 1.29 is 28.6 Å². The van der Waals surface area contributed by atoms with Crippen molar-refractivity contribution in [2.24, 2.45) is 12.5 Å². The molecule has 1 aromatic heterocycles. The molecule has 0 atom stereocenters. The zero-order valence-electron chi connectivity index (χ0n) is 22.4. The van der Waals surface area contributed by atoms with Crippen LogP contribution in [0.2, 0.25) is 0 Å². The van der Waals surface area contributed by atoms with Crippen molar-refractivity contribution in [2.45, 2.75) is 40.2 Å². The number of aromatic nitrogens is 1. The average molecular weight is 510 g/mol. The molecular weight excluding hydrogens is 474 g/mol. The van der Waals surface area contributed by atoms with E-state index in [0.29, 0.717) is 23.4 Å². The second kappa shape index (κ2) is 11.4. The summed E-state index contributed by atoms with van der Waals surface area (Å²) in [6.45, 7) is 7.15. The molecule has 3 rings (SSSR count). The number of hydrogen-bond donors (Lipinski definition) is 2. The van der Waals surface area contributed by atoms with Crippen molar-refractivity contribution in [2.75, 3.05) is 26.1 Å². The Morgan fingerprint density at radius 2 is 1.76 bits per heavy atom. The van der Waals surface area contributed by atoms with Gasteiger partial charge in [-0.05, 0) is 69.2 Å². The molecule has 198 valence electrons. The Balaban J connectivity index is 1.82. The van der Waals surface area contributed by atoms with Gasteiger partial charge in [0.05, 0.1) is 25.7 Å². The van der Waals surface area contributed by atoms with Gasteiger partial charge in [-0.1, -0.05) is 6.07 Å². The Morgan fingerprint density at radius 1 is 1.03 bits per heavy atom. The van der Waals surface area contributed by atoms with Gasteiger partial charge in [0.1, 0.15) is 5.75 Å². The lowest BCUT2D eigenvalue weighted by molar-refractivity contribution is -0.150. The van der Waals surface area contributed by atoms with Crippen LogP contribution in [0.15, 0.2) is 42.6 Å². The number of carbonyl (C=O) groups is 3. The van der Waals surface area contributed by atoms with Crippen LogP contribution >= 0.6 is 0 Å². The Labute approximate surface area is 217 Å². The number of fused-ring (bicyclic) bond motifs is 1. The van der Waals surface area contributed by atoms with Crippen molar-refractivity contribution in [3.05, 3.63) is 59.3 Å². The van der Waals surface area contributed by atoms with Crippen LogP contribution in [0, 0.1) is 5.41 Å². The highest BCUT2D eigenvalue weighted by Crippen LogP contribution is 2.30. The number of carbonyl (C=O) groups excluding carboxylic acids is 3. The van der Waals surface area contributed by atoms with E-state index in [2.05, 4.69) is 10.6 Å². The first-order valence-electron chi connectivity index (χ1n) is 12.0. The minimum atomic E-state index is -0.845. The van der Waals surface area contributed by atoms with Gasteiger partial charge in [0.15, 0.2) is 0 Å². The summed E-state index contributed by atoms with van der Waals surface area (Å²) < 4.78 is 17.6. The maximum absolute atomic E-state index is 12.7. The van der Waals surface area contributed by atoms with E-state index < -0.39 is 17.5 Å². The highest BCUT2D eigenvalue weighted by molar-refractivity contribution is 5.95. The highest BCUT2D eigenvalue weighted by atomic mass is 16.6. The van der Waals surface area contributed by atoms with Gasteiger partial charge in [0, 0.05) is 48.4 Å². The molecule has 0 radical (unpaired) electrons. The van der Waals surface area contributed by atoms with Crippen molar-refractivity contribution >= 4 is 34.6 Å². The summed E-state index contributed by atoms with van der Waals surface area (Å²) in [7, 11) is 4.85. The van der Waals surface area contributed by atoms with E-state index in [1.54, 1.807) is 46.9 Å². The Hall–Kier alpha value is -4.01. The maximum Gasteiger partial charge on any atom is 0.411 e. The van der Waals surface area contributed by atoms with E-state index in [-0.39, 0.29) is 18.6 Å². The van der Waals surface area contributed by atoms with Crippen LogP contribution in [0.1, 0.15) is 49.2 Å². The highest BCUT2D eigenvalue weighted by Gasteiger charge is 2.29. The third-order valence-corrected chi connectivity index (χ3v) is 6.02. The fourth-order valence-corrected chi connectivity index (χ4v) is 4.04. The first-order chi connectivity index (χ1) is 17.4. The molecular formula is C28H35N3O6. The first kappa shape index (κ1) is 27.6. The van der Waals surface area contributed by atoms with Gasteiger partial charge >= 0.3 is 12.1 Å². The molecule has 9 heteroatoms. The molecule has 0 aliphatic heterocycles. The number of benzene rings is 2. The number of anilines is 1. The summed E-state index contributed by atoms with van der Waals surface area (Å²) in [4.78, 5) is 36.7. The normalized spacial score (nSPS) is 11.4. The maximum atomic E-state index is 12.7. The van der Waals surface area contributed by atoms with E-state index >= 15 is 0 Å². The lowest BCUT2D eigenvalue weighted by Gasteiger charge is -2.21. The van der Waals surface area contributed by atoms with Gasteiger partial charge in [-0.25, -0.2) is 4.79 Å². The molecule has 9 nitrogen and oxygen atoms in total. The minimum absolute atomic E-state index is 0.139. The summed E-state index contributed by atoms with van der Waals surface area (Å²) in [6, 6.07) is 11.0. The van der Waals surface area contributed by atoms with Gasteiger partial charge in [0.2, 0.25) is 0 Å². The Bertz CT molecular complexity index is 1310. The number of esters is 1. The summed E-state index contributed by atoms with van der Waals surface area (Å²) in [6.07, 6.45) is 1.87. The fourth-order valence-electron chi connectivity index (χ4n) is 4.04. The van der Waals surface area contributed by atoms with Crippen LogP contribution in [0.5, 0.6) is 5.75 Å². The molecule has 37 heavy (non-hydrogen) atoms. The number of methoxy groups -OCH3 is 2. The number of nitrogens with zero attached hydrogens (tertiary/aromatic N) is 1. The summed E-state index contributed by atoms with van der Waals surface area (Å²) in [5, 5.41) is 6.55. The topological polar surface area (TPSA) is 108 Å². The van der Waals surface area contributed by atoms with E-state index in [0.717, 1.165) is 22.0 Å². The van der Waals surface area contributed by atoms with Gasteiger partial charge in [-0.2, -0.15) is 0 Å². The zero-order valence-corrected chi connectivity index (χ0v) is 22.4. The monoisotopic (exact) mass is 509 g/mol. The predicted molar refractivity (Wildman–Crippen MR) is 142 cm³/mol. The second-order valence-electron chi connectivity index (χ2n) is 9.84. The molecule has 0 fully saturated rings. The number of aryl methyl sites for hydroxylation is 1.